The van der Waals surface area contributed by atoms with Crippen molar-refractivity contribution < 1.29 is 13.5 Å². The molecule has 0 aliphatic rings. The molecule has 0 atom stereocenters. The second kappa shape index (κ2) is 6.65. The van der Waals surface area contributed by atoms with Crippen molar-refractivity contribution in [1.82, 2.24) is 14.9 Å². The van der Waals surface area contributed by atoms with Gasteiger partial charge in [0.1, 0.15) is 5.69 Å². The maximum atomic E-state index is 13.2. The molecule has 7 heteroatoms. The normalized spacial score (nSPS) is 10.9. The lowest BCUT2D eigenvalue weighted by Crippen LogP contribution is -2.18. The Labute approximate surface area is 113 Å². The van der Waals surface area contributed by atoms with Crippen LogP contribution in [0, 0.1) is 11.6 Å². The number of methoxy groups -OCH3 is 1. The van der Waals surface area contributed by atoms with Crippen LogP contribution >= 0.6 is 11.5 Å². The predicted octanol–water partition coefficient (Wildman–Crippen LogP) is 2.22. The molecule has 2 aromatic rings. The van der Waals surface area contributed by atoms with Gasteiger partial charge in [-0.15, -0.1) is 5.10 Å². The minimum atomic E-state index is -0.885. The lowest BCUT2D eigenvalue weighted by atomic mass is 10.1. The van der Waals surface area contributed by atoms with E-state index in [9.17, 15) is 8.78 Å². The maximum absolute atomic E-state index is 13.2. The summed E-state index contributed by atoms with van der Waals surface area (Å²) in [7, 11) is 1.63. The van der Waals surface area contributed by atoms with Crippen molar-refractivity contribution in [3.8, 4) is 11.3 Å². The highest BCUT2D eigenvalue weighted by Crippen LogP contribution is 2.25. The van der Waals surface area contributed by atoms with Gasteiger partial charge in [-0.05, 0) is 29.7 Å². The summed E-state index contributed by atoms with van der Waals surface area (Å²) in [5, 5.41) is 7.13. The minimum Gasteiger partial charge on any atom is -0.383 e. The van der Waals surface area contributed by atoms with Crippen molar-refractivity contribution in [3.63, 3.8) is 0 Å². The van der Waals surface area contributed by atoms with Gasteiger partial charge in [0.15, 0.2) is 11.6 Å². The number of hydrogen-bond donors (Lipinski definition) is 1. The van der Waals surface area contributed by atoms with Gasteiger partial charge in [0.2, 0.25) is 0 Å². The highest BCUT2D eigenvalue weighted by atomic mass is 32.1. The first kappa shape index (κ1) is 14.0. The topological polar surface area (TPSA) is 47.0 Å². The van der Waals surface area contributed by atoms with Gasteiger partial charge >= 0.3 is 0 Å². The molecule has 2 rings (SSSR count). The summed E-state index contributed by atoms with van der Waals surface area (Å²) in [6, 6.07) is 3.71. The Bertz CT molecular complexity index is 548. The number of hydrogen-bond acceptors (Lipinski definition) is 5. The fourth-order valence-electron chi connectivity index (χ4n) is 1.56. The van der Waals surface area contributed by atoms with Gasteiger partial charge in [-0.2, -0.15) is 0 Å². The van der Waals surface area contributed by atoms with E-state index in [1.807, 2.05) is 0 Å². The molecule has 0 aliphatic heterocycles. The molecule has 0 bridgehead atoms. The van der Waals surface area contributed by atoms with Crippen molar-refractivity contribution in [2.45, 2.75) is 6.54 Å². The molecule has 0 spiro atoms. The molecule has 0 saturated heterocycles. The molecule has 0 aliphatic carbocycles. The van der Waals surface area contributed by atoms with Crippen LogP contribution in [0.25, 0.3) is 11.3 Å². The average Bonchev–Trinajstić information content (AvgIpc) is 2.86. The fourth-order valence-corrected chi connectivity index (χ4v) is 2.20. The second-order valence-electron chi connectivity index (χ2n) is 3.84. The first-order chi connectivity index (χ1) is 9.22. The van der Waals surface area contributed by atoms with Crippen LogP contribution in [0.2, 0.25) is 0 Å². The third kappa shape index (κ3) is 3.52. The van der Waals surface area contributed by atoms with Crippen LogP contribution in [0.1, 0.15) is 4.88 Å². The summed E-state index contributed by atoms with van der Waals surface area (Å²) in [6.45, 7) is 1.87. The van der Waals surface area contributed by atoms with Crippen molar-refractivity contribution in [2.75, 3.05) is 20.3 Å². The van der Waals surface area contributed by atoms with Crippen LogP contribution in [-0.2, 0) is 11.3 Å². The number of nitrogens with zero attached hydrogens (tertiary/aromatic N) is 2. The van der Waals surface area contributed by atoms with Crippen LogP contribution in [0.5, 0.6) is 0 Å². The molecule has 1 aromatic carbocycles. The number of halogens is 2. The zero-order valence-electron chi connectivity index (χ0n) is 10.3. The molecule has 4 nitrogen and oxygen atoms in total. The molecule has 1 N–H and O–H groups in total. The standard InChI is InChI=1S/C12H13F2N3OS/c1-18-5-4-15-7-11-12(16-17-19-11)8-2-3-9(13)10(14)6-8/h2-3,6,15H,4-5,7H2,1H3. The van der Waals surface area contributed by atoms with Crippen LogP contribution in [0.4, 0.5) is 8.78 Å². The van der Waals surface area contributed by atoms with Crippen molar-refractivity contribution >= 4 is 11.5 Å². The van der Waals surface area contributed by atoms with E-state index in [2.05, 4.69) is 14.9 Å². The monoisotopic (exact) mass is 285 g/mol. The molecule has 0 unspecified atom stereocenters. The van der Waals surface area contributed by atoms with Gasteiger partial charge in [0.05, 0.1) is 11.5 Å². The lowest BCUT2D eigenvalue weighted by molar-refractivity contribution is 0.199. The van der Waals surface area contributed by atoms with E-state index in [0.29, 0.717) is 31.0 Å². The molecule has 0 saturated carbocycles. The highest BCUT2D eigenvalue weighted by molar-refractivity contribution is 7.05. The molecule has 0 fully saturated rings. The van der Waals surface area contributed by atoms with Gasteiger partial charge in [0.25, 0.3) is 0 Å². The largest absolute Gasteiger partial charge is 0.383 e. The SMILES string of the molecule is COCCNCc1snnc1-c1ccc(F)c(F)c1. The van der Waals surface area contributed by atoms with Crippen LogP contribution < -0.4 is 5.32 Å². The Morgan fingerprint density at radius 2 is 2.16 bits per heavy atom. The van der Waals surface area contributed by atoms with Crippen LogP contribution in [0.15, 0.2) is 18.2 Å². The van der Waals surface area contributed by atoms with E-state index >= 15 is 0 Å². The fraction of sp³-hybridized carbons (Fsp3) is 0.333. The number of ether oxygens (including phenoxy) is 1. The number of nitrogens with one attached hydrogen (secondary N) is 1. The van der Waals surface area contributed by atoms with Crippen LogP contribution in [0.3, 0.4) is 0 Å². The summed E-state index contributed by atoms with van der Waals surface area (Å²) in [6.07, 6.45) is 0. The Hall–Kier alpha value is -1.44. The summed E-state index contributed by atoms with van der Waals surface area (Å²) in [4.78, 5) is 0.877. The molecular formula is C12H13F2N3OS. The Balaban J connectivity index is 2.12. The van der Waals surface area contributed by atoms with E-state index < -0.39 is 11.6 Å². The summed E-state index contributed by atoms with van der Waals surface area (Å²) < 4.78 is 34.9. The van der Waals surface area contributed by atoms with Crippen LogP contribution in [-0.4, -0.2) is 29.8 Å². The van der Waals surface area contributed by atoms with E-state index in [4.69, 9.17) is 4.74 Å². The third-order valence-corrected chi connectivity index (χ3v) is 3.24. The summed E-state index contributed by atoms with van der Waals surface area (Å²) in [5.41, 5.74) is 1.10. The Morgan fingerprint density at radius 1 is 1.32 bits per heavy atom. The predicted molar refractivity (Wildman–Crippen MR) is 68.8 cm³/mol. The van der Waals surface area contributed by atoms with Crippen molar-refractivity contribution in [2.24, 2.45) is 0 Å². The zero-order chi connectivity index (χ0) is 13.7. The molecule has 1 heterocycles. The Kier molecular flexibility index (Phi) is 4.89. The summed E-state index contributed by atoms with van der Waals surface area (Å²) in [5.74, 6) is -1.75. The number of rotatable bonds is 6. The molecule has 1 aromatic heterocycles. The number of aromatic nitrogens is 2. The average molecular weight is 285 g/mol. The van der Waals surface area contributed by atoms with Gasteiger partial charge < -0.3 is 10.1 Å². The third-order valence-electron chi connectivity index (χ3n) is 2.52. The molecule has 0 radical (unpaired) electrons. The van der Waals surface area contributed by atoms with Gasteiger partial charge in [0, 0.05) is 25.8 Å². The quantitative estimate of drug-likeness (QED) is 0.827. The smallest absolute Gasteiger partial charge is 0.159 e. The summed E-state index contributed by atoms with van der Waals surface area (Å²) >= 11 is 1.23. The van der Waals surface area contributed by atoms with Gasteiger partial charge in [-0.3, -0.25) is 0 Å². The highest BCUT2D eigenvalue weighted by Gasteiger charge is 2.12. The van der Waals surface area contributed by atoms with E-state index in [1.54, 1.807) is 7.11 Å². The van der Waals surface area contributed by atoms with E-state index in [1.165, 1.54) is 17.6 Å². The lowest BCUT2D eigenvalue weighted by Gasteiger charge is -2.04. The first-order valence-electron chi connectivity index (χ1n) is 5.68. The minimum absolute atomic E-state index is 0.524. The molecule has 19 heavy (non-hydrogen) atoms. The maximum Gasteiger partial charge on any atom is 0.159 e. The second-order valence-corrected chi connectivity index (χ2v) is 4.68. The number of benzene rings is 1. The van der Waals surface area contributed by atoms with E-state index in [-0.39, 0.29) is 0 Å². The molecule has 0 amide bonds. The molecular weight excluding hydrogens is 272 g/mol. The first-order valence-corrected chi connectivity index (χ1v) is 6.46. The molecule has 102 valence electrons. The van der Waals surface area contributed by atoms with Gasteiger partial charge in [-0.1, -0.05) is 4.49 Å². The van der Waals surface area contributed by atoms with Crippen molar-refractivity contribution in [3.05, 3.63) is 34.7 Å². The van der Waals surface area contributed by atoms with E-state index in [0.717, 1.165) is 17.0 Å². The zero-order valence-corrected chi connectivity index (χ0v) is 11.1. The Morgan fingerprint density at radius 3 is 2.89 bits per heavy atom. The van der Waals surface area contributed by atoms with Gasteiger partial charge in [-0.25, -0.2) is 8.78 Å². The van der Waals surface area contributed by atoms with Crippen molar-refractivity contribution in [1.29, 1.82) is 0 Å².